The van der Waals surface area contributed by atoms with Crippen molar-refractivity contribution in [2.75, 3.05) is 26.2 Å². The lowest BCUT2D eigenvalue weighted by atomic mass is 9.86. The zero-order chi connectivity index (χ0) is 10.8. The first-order chi connectivity index (χ1) is 7.95. The van der Waals surface area contributed by atoms with E-state index in [4.69, 9.17) is 0 Å². The first kappa shape index (κ1) is 10.3. The number of benzene rings is 1. The standard InChI is InChI=1S/C14H20N2/c1-2-6-13-12(4-1)5-3-7-14(13)16-10-8-15-9-11-16/h1-2,4,6,14-15H,3,5,7-11H2/t14-/m1/s1. The number of piperazine rings is 1. The van der Waals surface area contributed by atoms with Gasteiger partial charge in [-0.2, -0.15) is 0 Å². The van der Waals surface area contributed by atoms with Gasteiger partial charge in [-0.15, -0.1) is 0 Å². The van der Waals surface area contributed by atoms with E-state index in [2.05, 4.69) is 34.5 Å². The molecule has 3 rings (SSSR count). The van der Waals surface area contributed by atoms with Gasteiger partial charge in [-0.3, -0.25) is 4.90 Å². The molecule has 1 fully saturated rings. The highest BCUT2D eigenvalue weighted by Crippen LogP contribution is 2.33. The summed E-state index contributed by atoms with van der Waals surface area (Å²) in [5, 5.41) is 3.44. The molecule has 0 amide bonds. The van der Waals surface area contributed by atoms with E-state index in [0.717, 1.165) is 13.1 Å². The summed E-state index contributed by atoms with van der Waals surface area (Å²) in [5.41, 5.74) is 3.17. The third-order valence-electron chi connectivity index (χ3n) is 3.93. The second-order valence-corrected chi connectivity index (χ2v) is 4.89. The topological polar surface area (TPSA) is 15.3 Å². The van der Waals surface area contributed by atoms with Crippen molar-refractivity contribution < 1.29 is 0 Å². The molecule has 1 aromatic carbocycles. The number of fused-ring (bicyclic) bond motifs is 1. The molecule has 0 radical (unpaired) electrons. The van der Waals surface area contributed by atoms with Crippen LogP contribution in [0.5, 0.6) is 0 Å². The van der Waals surface area contributed by atoms with Crippen LogP contribution in [0.15, 0.2) is 24.3 Å². The van der Waals surface area contributed by atoms with Crippen LogP contribution < -0.4 is 5.32 Å². The van der Waals surface area contributed by atoms with Crippen molar-refractivity contribution in [3.63, 3.8) is 0 Å². The Balaban J connectivity index is 1.86. The van der Waals surface area contributed by atoms with Crippen LogP contribution in [-0.4, -0.2) is 31.1 Å². The maximum Gasteiger partial charge on any atom is 0.0352 e. The van der Waals surface area contributed by atoms with Crippen LogP contribution in [0.4, 0.5) is 0 Å². The lowest BCUT2D eigenvalue weighted by molar-refractivity contribution is 0.158. The average Bonchev–Trinajstić information content (AvgIpc) is 2.39. The van der Waals surface area contributed by atoms with Gasteiger partial charge in [0.15, 0.2) is 0 Å². The lowest BCUT2D eigenvalue weighted by Gasteiger charge is -2.38. The molecule has 0 saturated carbocycles. The van der Waals surface area contributed by atoms with Crippen LogP contribution in [-0.2, 0) is 6.42 Å². The molecule has 86 valence electrons. The van der Waals surface area contributed by atoms with Gasteiger partial charge in [0.1, 0.15) is 0 Å². The first-order valence-electron chi connectivity index (χ1n) is 6.48. The summed E-state index contributed by atoms with van der Waals surface area (Å²) in [6.07, 6.45) is 3.97. The zero-order valence-electron chi connectivity index (χ0n) is 9.78. The minimum Gasteiger partial charge on any atom is -0.314 e. The minimum atomic E-state index is 0.687. The molecule has 1 atom stereocenters. The first-order valence-corrected chi connectivity index (χ1v) is 6.48. The Morgan fingerprint density at radius 3 is 2.81 bits per heavy atom. The van der Waals surface area contributed by atoms with Gasteiger partial charge in [-0.25, -0.2) is 0 Å². The summed E-state index contributed by atoms with van der Waals surface area (Å²) in [7, 11) is 0. The Morgan fingerprint density at radius 1 is 1.12 bits per heavy atom. The maximum atomic E-state index is 3.44. The van der Waals surface area contributed by atoms with Gasteiger partial charge in [0.25, 0.3) is 0 Å². The van der Waals surface area contributed by atoms with Crippen molar-refractivity contribution in [1.82, 2.24) is 10.2 Å². The van der Waals surface area contributed by atoms with Crippen molar-refractivity contribution in [3.8, 4) is 0 Å². The Kier molecular flexibility index (Phi) is 2.94. The normalized spacial score (nSPS) is 26.4. The Labute approximate surface area is 97.6 Å². The molecule has 2 aliphatic rings. The maximum absolute atomic E-state index is 3.44. The Bertz CT molecular complexity index is 356. The highest BCUT2D eigenvalue weighted by atomic mass is 15.2. The second-order valence-electron chi connectivity index (χ2n) is 4.89. The van der Waals surface area contributed by atoms with Crippen molar-refractivity contribution in [2.24, 2.45) is 0 Å². The van der Waals surface area contributed by atoms with E-state index in [1.165, 1.54) is 32.4 Å². The van der Waals surface area contributed by atoms with Crippen LogP contribution in [0, 0.1) is 0 Å². The summed E-state index contributed by atoms with van der Waals surface area (Å²) >= 11 is 0. The number of hydrogen-bond acceptors (Lipinski definition) is 2. The molecular weight excluding hydrogens is 196 g/mol. The van der Waals surface area contributed by atoms with E-state index >= 15 is 0 Å². The molecule has 1 heterocycles. The van der Waals surface area contributed by atoms with Gasteiger partial charge in [0.05, 0.1) is 0 Å². The van der Waals surface area contributed by atoms with Crippen LogP contribution in [0.3, 0.4) is 0 Å². The molecule has 1 aliphatic carbocycles. The number of hydrogen-bond donors (Lipinski definition) is 1. The molecular formula is C14H20N2. The van der Waals surface area contributed by atoms with Crippen LogP contribution in [0.25, 0.3) is 0 Å². The molecule has 1 saturated heterocycles. The van der Waals surface area contributed by atoms with E-state index in [1.807, 2.05) is 0 Å². The highest BCUT2D eigenvalue weighted by molar-refractivity contribution is 5.32. The molecule has 0 bridgehead atoms. The summed E-state index contributed by atoms with van der Waals surface area (Å²) < 4.78 is 0. The fraction of sp³-hybridized carbons (Fsp3) is 0.571. The van der Waals surface area contributed by atoms with Gasteiger partial charge >= 0.3 is 0 Å². The average molecular weight is 216 g/mol. The van der Waals surface area contributed by atoms with E-state index in [0.29, 0.717) is 6.04 Å². The predicted octanol–water partition coefficient (Wildman–Crippen LogP) is 1.97. The summed E-state index contributed by atoms with van der Waals surface area (Å²) in [5.74, 6) is 0. The van der Waals surface area contributed by atoms with Crippen molar-refractivity contribution in [2.45, 2.75) is 25.3 Å². The van der Waals surface area contributed by atoms with Crippen molar-refractivity contribution in [3.05, 3.63) is 35.4 Å². The van der Waals surface area contributed by atoms with Crippen LogP contribution >= 0.6 is 0 Å². The molecule has 0 aromatic heterocycles. The van der Waals surface area contributed by atoms with Gasteiger partial charge < -0.3 is 5.32 Å². The Hall–Kier alpha value is -0.860. The summed E-state index contributed by atoms with van der Waals surface area (Å²) in [6, 6.07) is 9.70. The van der Waals surface area contributed by atoms with E-state index in [9.17, 15) is 0 Å². The van der Waals surface area contributed by atoms with Crippen molar-refractivity contribution in [1.29, 1.82) is 0 Å². The number of nitrogens with zero attached hydrogens (tertiary/aromatic N) is 1. The zero-order valence-corrected chi connectivity index (χ0v) is 9.78. The fourth-order valence-corrected chi connectivity index (χ4v) is 3.10. The van der Waals surface area contributed by atoms with Gasteiger partial charge in [-0.05, 0) is 30.4 Å². The van der Waals surface area contributed by atoms with Crippen LogP contribution in [0.2, 0.25) is 0 Å². The number of nitrogens with one attached hydrogen (secondary N) is 1. The predicted molar refractivity (Wildman–Crippen MR) is 66.6 cm³/mol. The SMILES string of the molecule is c1ccc2c(c1)CCC[C@H]2N1CCNCC1. The lowest BCUT2D eigenvalue weighted by Crippen LogP contribution is -2.45. The fourth-order valence-electron chi connectivity index (χ4n) is 3.10. The molecule has 0 unspecified atom stereocenters. The second kappa shape index (κ2) is 4.56. The van der Waals surface area contributed by atoms with Gasteiger partial charge in [0, 0.05) is 32.2 Å². The van der Waals surface area contributed by atoms with E-state index < -0.39 is 0 Å². The van der Waals surface area contributed by atoms with Gasteiger partial charge in [-0.1, -0.05) is 24.3 Å². The van der Waals surface area contributed by atoms with E-state index in [-0.39, 0.29) is 0 Å². The minimum absolute atomic E-state index is 0.687. The highest BCUT2D eigenvalue weighted by Gasteiger charge is 2.26. The Morgan fingerprint density at radius 2 is 1.94 bits per heavy atom. The molecule has 1 N–H and O–H groups in total. The van der Waals surface area contributed by atoms with Crippen LogP contribution in [0.1, 0.15) is 30.0 Å². The largest absolute Gasteiger partial charge is 0.314 e. The number of aryl methyl sites for hydroxylation is 1. The molecule has 1 aromatic rings. The third-order valence-corrected chi connectivity index (χ3v) is 3.93. The van der Waals surface area contributed by atoms with Crippen molar-refractivity contribution >= 4 is 0 Å². The quantitative estimate of drug-likeness (QED) is 0.772. The summed E-state index contributed by atoms with van der Waals surface area (Å²) in [4.78, 5) is 2.66. The molecule has 0 spiro atoms. The smallest absolute Gasteiger partial charge is 0.0352 e. The third kappa shape index (κ3) is 1.87. The molecule has 16 heavy (non-hydrogen) atoms. The monoisotopic (exact) mass is 216 g/mol. The van der Waals surface area contributed by atoms with E-state index in [1.54, 1.807) is 11.1 Å². The van der Waals surface area contributed by atoms with Gasteiger partial charge in [0.2, 0.25) is 0 Å². The molecule has 2 heteroatoms. The summed E-state index contributed by atoms with van der Waals surface area (Å²) in [6.45, 7) is 4.72. The number of rotatable bonds is 1. The molecule has 2 nitrogen and oxygen atoms in total. The molecule has 1 aliphatic heterocycles.